The van der Waals surface area contributed by atoms with Gasteiger partial charge in [0.2, 0.25) is 0 Å². The van der Waals surface area contributed by atoms with Crippen molar-refractivity contribution in [2.45, 2.75) is 38.8 Å². The standard InChI is InChI=1S/C11H18F3NO/c1-2-15(8-11(12,13)14)7-6-9-4-3-5-10(9)16/h9H,2-8H2,1H3. The summed E-state index contributed by atoms with van der Waals surface area (Å²) < 4.78 is 36.5. The normalized spacial score (nSPS) is 22.1. The first-order chi connectivity index (χ1) is 7.42. The fraction of sp³-hybridized carbons (Fsp3) is 0.909. The summed E-state index contributed by atoms with van der Waals surface area (Å²) in [6.45, 7) is 1.58. The first-order valence-corrected chi connectivity index (χ1v) is 5.74. The molecule has 0 radical (unpaired) electrons. The quantitative estimate of drug-likeness (QED) is 0.732. The van der Waals surface area contributed by atoms with Gasteiger partial charge in [0.1, 0.15) is 5.78 Å². The molecule has 16 heavy (non-hydrogen) atoms. The first-order valence-electron chi connectivity index (χ1n) is 5.74. The Morgan fingerprint density at radius 1 is 1.44 bits per heavy atom. The molecule has 1 aliphatic carbocycles. The second-order valence-electron chi connectivity index (χ2n) is 4.33. The number of halogens is 3. The van der Waals surface area contributed by atoms with Gasteiger partial charge in [0, 0.05) is 12.3 Å². The van der Waals surface area contributed by atoms with Crippen LogP contribution in [-0.4, -0.2) is 36.5 Å². The summed E-state index contributed by atoms with van der Waals surface area (Å²) >= 11 is 0. The third kappa shape index (κ3) is 4.51. The molecule has 1 aliphatic rings. The van der Waals surface area contributed by atoms with Gasteiger partial charge in [0.05, 0.1) is 6.54 Å². The SMILES string of the molecule is CCN(CCC1CCCC1=O)CC(F)(F)F. The molecule has 1 unspecified atom stereocenters. The van der Waals surface area contributed by atoms with Gasteiger partial charge in [-0.2, -0.15) is 13.2 Å². The van der Waals surface area contributed by atoms with Crippen molar-refractivity contribution >= 4 is 5.78 Å². The van der Waals surface area contributed by atoms with Crippen LogP contribution >= 0.6 is 0 Å². The minimum atomic E-state index is -4.14. The van der Waals surface area contributed by atoms with Crippen molar-refractivity contribution in [2.75, 3.05) is 19.6 Å². The van der Waals surface area contributed by atoms with Crippen LogP contribution in [0.2, 0.25) is 0 Å². The Kier molecular flexibility index (Phi) is 4.77. The van der Waals surface area contributed by atoms with E-state index >= 15 is 0 Å². The molecule has 0 heterocycles. The molecule has 1 atom stereocenters. The van der Waals surface area contributed by atoms with E-state index in [9.17, 15) is 18.0 Å². The Morgan fingerprint density at radius 2 is 2.12 bits per heavy atom. The Labute approximate surface area is 93.8 Å². The summed E-state index contributed by atoms with van der Waals surface area (Å²) in [5.41, 5.74) is 0. The largest absolute Gasteiger partial charge is 0.401 e. The van der Waals surface area contributed by atoms with E-state index in [0.29, 0.717) is 25.9 Å². The van der Waals surface area contributed by atoms with Crippen molar-refractivity contribution in [1.29, 1.82) is 0 Å². The van der Waals surface area contributed by atoms with Crippen molar-refractivity contribution in [3.63, 3.8) is 0 Å². The summed E-state index contributed by atoms with van der Waals surface area (Å²) in [5, 5.41) is 0. The van der Waals surface area contributed by atoms with E-state index in [4.69, 9.17) is 0 Å². The van der Waals surface area contributed by atoms with Crippen LogP contribution in [0.4, 0.5) is 13.2 Å². The number of carbonyl (C=O) groups excluding carboxylic acids is 1. The average Bonchev–Trinajstić information content (AvgIpc) is 2.57. The van der Waals surface area contributed by atoms with Crippen LogP contribution in [0.1, 0.15) is 32.6 Å². The summed E-state index contributed by atoms with van der Waals surface area (Å²) in [6.07, 6.45) is -1.22. The zero-order valence-corrected chi connectivity index (χ0v) is 9.52. The van der Waals surface area contributed by atoms with E-state index in [1.165, 1.54) is 4.90 Å². The van der Waals surface area contributed by atoms with Gasteiger partial charge in [-0.15, -0.1) is 0 Å². The third-order valence-electron chi connectivity index (χ3n) is 3.07. The van der Waals surface area contributed by atoms with Crippen molar-refractivity contribution in [3.8, 4) is 0 Å². The van der Waals surface area contributed by atoms with E-state index in [1.54, 1.807) is 6.92 Å². The van der Waals surface area contributed by atoms with E-state index < -0.39 is 12.7 Å². The van der Waals surface area contributed by atoms with Crippen LogP contribution in [0, 0.1) is 5.92 Å². The lowest BCUT2D eigenvalue weighted by atomic mass is 10.0. The highest BCUT2D eigenvalue weighted by molar-refractivity contribution is 5.82. The molecule has 0 aromatic carbocycles. The molecule has 5 heteroatoms. The molecular formula is C11H18F3NO. The predicted octanol–water partition coefficient (Wildman–Crippen LogP) is 2.63. The number of rotatable bonds is 5. The molecule has 94 valence electrons. The fourth-order valence-electron chi connectivity index (χ4n) is 2.13. The number of hydrogen-bond acceptors (Lipinski definition) is 2. The molecule has 0 aromatic rings. The van der Waals surface area contributed by atoms with E-state index in [2.05, 4.69) is 0 Å². The second kappa shape index (κ2) is 5.66. The van der Waals surface area contributed by atoms with Crippen molar-refractivity contribution in [3.05, 3.63) is 0 Å². The molecule has 0 N–H and O–H groups in total. The summed E-state index contributed by atoms with van der Waals surface area (Å²) in [7, 11) is 0. The van der Waals surface area contributed by atoms with Crippen LogP contribution in [0.5, 0.6) is 0 Å². The van der Waals surface area contributed by atoms with Crippen molar-refractivity contribution in [1.82, 2.24) is 4.90 Å². The zero-order valence-electron chi connectivity index (χ0n) is 9.52. The van der Waals surface area contributed by atoms with E-state index in [0.717, 1.165) is 12.8 Å². The minimum absolute atomic E-state index is 0.00211. The first kappa shape index (κ1) is 13.5. The Balaban J connectivity index is 2.31. The van der Waals surface area contributed by atoms with Crippen molar-refractivity contribution in [2.24, 2.45) is 5.92 Å². The molecule has 1 fully saturated rings. The number of ketones is 1. The average molecular weight is 237 g/mol. The van der Waals surface area contributed by atoms with Gasteiger partial charge in [-0.25, -0.2) is 0 Å². The Bertz CT molecular complexity index is 240. The molecule has 1 rings (SSSR count). The molecular weight excluding hydrogens is 219 g/mol. The molecule has 0 bridgehead atoms. The smallest absolute Gasteiger partial charge is 0.299 e. The van der Waals surface area contributed by atoms with Crippen LogP contribution < -0.4 is 0 Å². The molecule has 0 amide bonds. The summed E-state index contributed by atoms with van der Waals surface area (Å²) in [5.74, 6) is 0.227. The monoisotopic (exact) mass is 237 g/mol. The van der Waals surface area contributed by atoms with Gasteiger partial charge >= 0.3 is 6.18 Å². The zero-order chi connectivity index (χ0) is 12.2. The van der Waals surface area contributed by atoms with Crippen LogP contribution in [0.15, 0.2) is 0 Å². The van der Waals surface area contributed by atoms with Crippen LogP contribution in [0.3, 0.4) is 0 Å². The lowest BCUT2D eigenvalue weighted by Gasteiger charge is -2.22. The molecule has 0 spiro atoms. The number of nitrogens with zero attached hydrogens (tertiary/aromatic N) is 1. The number of Topliss-reactive ketones (excluding diaryl/α,β-unsaturated/α-hetero) is 1. The molecule has 2 nitrogen and oxygen atoms in total. The van der Waals surface area contributed by atoms with Gasteiger partial charge < -0.3 is 0 Å². The lowest BCUT2D eigenvalue weighted by molar-refractivity contribution is -0.145. The van der Waals surface area contributed by atoms with Gasteiger partial charge in [-0.05, 0) is 32.4 Å². The highest BCUT2D eigenvalue weighted by atomic mass is 19.4. The van der Waals surface area contributed by atoms with Gasteiger partial charge in [0.25, 0.3) is 0 Å². The van der Waals surface area contributed by atoms with Crippen LogP contribution in [0.25, 0.3) is 0 Å². The van der Waals surface area contributed by atoms with E-state index in [1.807, 2.05) is 0 Å². The topological polar surface area (TPSA) is 20.3 Å². The summed E-state index contributed by atoms with van der Waals surface area (Å²) in [6, 6.07) is 0. The van der Waals surface area contributed by atoms with Gasteiger partial charge in [0.15, 0.2) is 0 Å². The molecule has 0 aromatic heterocycles. The highest BCUT2D eigenvalue weighted by Gasteiger charge is 2.31. The lowest BCUT2D eigenvalue weighted by Crippen LogP contribution is -2.35. The van der Waals surface area contributed by atoms with Gasteiger partial charge in [-0.3, -0.25) is 9.69 Å². The number of hydrogen-bond donors (Lipinski definition) is 0. The molecule has 0 saturated heterocycles. The highest BCUT2D eigenvalue weighted by Crippen LogP contribution is 2.25. The maximum absolute atomic E-state index is 12.2. The number of alkyl halides is 3. The fourth-order valence-corrected chi connectivity index (χ4v) is 2.13. The second-order valence-corrected chi connectivity index (χ2v) is 4.33. The Morgan fingerprint density at radius 3 is 2.56 bits per heavy atom. The van der Waals surface area contributed by atoms with Crippen molar-refractivity contribution < 1.29 is 18.0 Å². The van der Waals surface area contributed by atoms with Gasteiger partial charge in [-0.1, -0.05) is 6.92 Å². The predicted molar refractivity (Wildman–Crippen MR) is 55.1 cm³/mol. The molecule has 0 aliphatic heterocycles. The third-order valence-corrected chi connectivity index (χ3v) is 3.07. The number of carbonyl (C=O) groups is 1. The summed E-state index contributed by atoms with van der Waals surface area (Å²) in [4.78, 5) is 12.7. The Hall–Kier alpha value is -0.580. The van der Waals surface area contributed by atoms with E-state index in [-0.39, 0.29) is 11.7 Å². The maximum atomic E-state index is 12.2. The van der Waals surface area contributed by atoms with Crippen LogP contribution in [-0.2, 0) is 4.79 Å². The maximum Gasteiger partial charge on any atom is 0.401 e. The minimum Gasteiger partial charge on any atom is -0.299 e. The molecule has 1 saturated carbocycles.